The molecule has 19 heavy (non-hydrogen) atoms. The van der Waals surface area contributed by atoms with Crippen LogP contribution in [0.15, 0.2) is 29.3 Å². The molecule has 102 valence electrons. The molecule has 8 heteroatoms. The van der Waals surface area contributed by atoms with Gasteiger partial charge in [0, 0.05) is 17.1 Å². The molecular formula is C11H13ClN4O2S. The van der Waals surface area contributed by atoms with Gasteiger partial charge in [-0.25, -0.2) is 13.1 Å². The van der Waals surface area contributed by atoms with Crippen LogP contribution in [-0.2, 0) is 16.6 Å². The average molecular weight is 301 g/mol. The summed E-state index contributed by atoms with van der Waals surface area (Å²) in [4.78, 5) is 0.155. The van der Waals surface area contributed by atoms with Crippen LogP contribution in [0.3, 0.4) is 0 Å². The molecule has 6 nitrogen and oxygen atoms in total. The Balaban J connectivity index is 2.23. The largest absolute Gasteiger partial charge is 0.384 e. The van der Waals surface area contributed by atoms with Crippen molar-refractivity contribution >= 4 is 27.4 Å². The average Bonchev–Trinajstić information content (AvgIpc) is 2.75. The second-order valence-corrected chi connectivity index (χ2v) is 6.22. The van der Waals surface area contributed by atoms with E-state index in [0.29, 0.717) is 22.0 Å². The lowest BCUT2D eigenvalue weighted by atomic mass is 10.2. The number of hydrogen-bond acceptors (Lipinski definition) is 4. The molecule has 0 amide bonds. The van der Waals surface area contributed by atoms with Crippen molar-refractivity contribution in [2.75, 3.05) is 5.73 Å². The number of benzene rings is 1. The monoisotopic (exact) mass is 300 g/mol. The summed E-state index contributed by atoms with van der Waals surface area (Å²) in [5.41, 5.74) is 6.80. The van der Waals surface area contributed by atoms with E-state index in [0.717, 1.165) is 0 Å². The predicted octanol–water partition coefficient (Wildman–Crippen LogP) is 1.43. The van der Waals surface area contributed by atoms with Gasteiger partial charge in [-0.2, -0.15) is 5.10 Å². The van der Waals surface area contributed by atoms with Crippen LogP contribution >= 0.6 is 11.6 Å². The van der Waals surface area contributed by atoms with Gasteiger partial charge in [-0.1, -0.05) is 17.7 Å². The van der Waals surface area contributed by atoms with E-state index >= 15 is 0 Å². The topological polar surface area (TPSA) is 101 Å². The second kappa shape index (κ2) is 5.20. The number of H-pyrrole nitrogens is 1. The summed E-state index contributed by atoms with van der Waals surface area (Å²) in [6.07, 6.45) is 1.47. The van der Waals surface area contributed by atoms with Crippen molar-refractivity contribution < 1.29 is 8.42 Å². The zero-order chi connectivity index (χ0) is 14.0. The van der Waals surface area contributed by atoms with Crippen molar-refractivity contribution in [1.82, 2.24) is 14.9 Å². The molecule has 0 atom stereocenters. The van der Waals surface area contributed by atoms with Crippen LogP contribution in [-0.4, -0.2) is 18.6 Å². The Kier molecular flexibility index (Phi) is 3.79. The molecule has 2 rings (SSSR count). The molecule has 1 aromatic heterocycles. The van der Waals surface area contributed by atoms with Crippen LogP contribution in [0.4, 0.5) is 5.82 Å². The molecule has 0 spiro atoms. The van der Waals surface area contributed by atoms with Gasteiger partial charge in [-0.15, -0.1) is 0 Å². The first kappa shape index (κ1) is 13.9. The van der Waals surface area contributed by atoms with Crippen molar-refractivity contribution in [3.8, 4) is 0 Å². The van der Waals surface area contributed by atoms with Crippen molar-refractivity contribution in [2.45, 2.75) is 18.4 Å². The number of rotatable bonds is 4. The van der Waals surface area contributed by atoms with Crippen LogP contribution in [0.2, 0.25) is 5.02 Å². The van der Waals surface area contributed by atoms with Crippen LogP contribution < -0.4 is 10.5 Å². The molecule has 1 aromatic carbocycles. The molecule has 0 saturated heterocycles. The van der Waals surface area contributed by atoms with Crippen LogP contribution in [0.25, 0.3) is 0 Å². The number of anilines is 1. The van der Waals surface area contributed by atoms with E-state index < -0.39 is 10.0 Å². The molecule has 0 unspecified atom stereocenters. The predicted molar refractivity (Wildman–Crippen MR) is 73.2 cm³/mol. The molecule has 0 aliphatic rings. The number of sulfonamides is 1. The highest BCUT2D eigenvalue weighted by Gasteiger charge is 2.17. The summed E-state index contributed by atoms with van der Waals surface area (Å²) in [6.45, 7) is 1.77. The highest BCUT2D eigenvalue weighted by molar-refractivity contribution is 7.89. The van der Waals surface area contributed by atoms with Gasteiger partial charge in [0.2, 0.25) is 10.0 Å². The number of hydrogen-bond donors (Lipinski definition) is 3. The van der Waals surface area contributed by atoms with Gasteiger partial charge in [0.1, 0.15) is 5.82 Å². The number of halogens is 1. The Morgan fingerprint density at radius 3 is 2.84 bits per heavy atom. The van der Waals surface area contributed by atoms with Gasteiger partial charge >= 0.3 is 0 Å². The van der Waals surface area contributed by atoms with Crippen LogP contribution in [0.5, 0.6) is 0 Å². The van der Waals surface area contributed by atoms with E-state index in [2.05, 4.69) is 14.9 Å². The number of nitrogen functional groups attached to an aromatic ring is 1. The maximum Gasteiger partial charge on any atom is 0.241 e. The van der Waals surface area contributed by atoms with Gasteiger partial charge < -0.3 is 5.73 Å². The summed E-state index contributed by atoms with van der Waals surface area (Å²) in [5.74, 6) is 0.338. The maximum absolute atomic E-state index is 12.2. The molecule has 0 aliphatic heterocycles. The van der Waals surface area contributed by atoms with Crippen molar-refractivity contribution in [1.29, 1.82) is 0 Å². The Morgan fingerprint density at radius 2 is 2.21 bits per heavy atom. The summed E-state index contributed by atoms with van der Waals surface area (Å²) < 4.78 is 26.8. The van der Waals surface area contributed by atoms with Crippen molar-refractivity contribution in [2.24, 2.45) is 0 Å². The third-order valence-electron chi connectivity index (χ3n) is 2.64. The number of nitrogens with one attached hydrogen (secondary N) is 2. The Morgan fingerprint density at radius 1 is 1.47 bits per heavy atom. The van der Waals surface area contributed by atoms with E-state index in [-0.39, 0.29) is 11.4 Å². The fourth-order valence-electron chi connectivity index (χ4n) is 1.58. The van der Waals surface area contributed by atoms with Gasteiger partial charge in [0.25, 0.3) is 0 Å². The number of aromatic nitrogens is 2. The zero-order valence-electron chi connectivity index (χ0n) is 10.1. The van der Waals surface area contributed by atoms with E-state index in [1.54, 1.807) is 19.1 Å². The molecule has 4 N–H and O–H groups in total. The van der Waals surface area contributed by atoms with Gasteiger partial charge in [0.15, 0.2) is 0 Å². The van der Waals surface area contributed by atoms with Gasteiger partial charge in [-0.3, -0.25) is 5.10 Å². The zero-order valence-corrected chi connectivity index (χ0v) is 11.7. The van der Waals surface area contributed by atoms with E-state index in [9.17, 15) is 8.42 Å². The summed E-state index contributed by atoms with van der Waals surface area (Å²) in [7, 11) is -3.64. The fraction of sp³-hybridized carbons (Fsp3) is 0.182. The molecule has 1 heterocycles. The molecule has 0 fully saturated rings. The SMILES string of the molecule is Cc1ccc(Cl)cc1S(=O)(=O)NCc1cn[nH]c1N. The van der Waals surface area contributed by atoms with E-state index in [4.69, 9.17) is 17.3 Å². The highest BCUT2D eigenvalue weighted by Crippen LogP contribution is 2.20. The minimum Gasteiger partial charge on any atom is -0.384 e. The van der Waals surface area contributed by atoms with E-state index in [1.807, 2.05) is 0 Å². The van der Waals surface area contributed by atoms with Gasteiger partial charge in [0.05, 0.1) is 11.1 Å². The fourth-order valence-corrected chi connectivity index (χ4v) is 3.09. The first-order valence-electron chi connectivity index (χ1n) is 5.43. The molecular weight excluding hydrogens is 288 g/mol. The normalized spacial score (nSPS) is 11.7. The van der Waals surface area contributed by atoms with Crippen molar-refractivity contribution in [3.05, 3.63) is 40.5 Å². The molecule has 0 bridgehead atoms. The summed E-state index contributed by atoms with van der Waals surface area (Å²) >= 11 is 5.82. The second-order valence-electron chi connectivity index (χ2n) is 4.04. The maximum atomic E-state index is 12.2. The molecule has 0 radical (unpaired) electrons. The lowest BCUT2D eigenvalue weighted by Crippen LogP contribution is -2.24. The standard InChI is InChI=1S/C11H13ClN4O2S/c1-7-2-3-9(12)4-10(7)19(17,18)15-6-8-5-14-16-11(8)13/h2-5,15H,6H2,1H3,(H3,13,14,16). The summed E-state index contributed by atoms with van der Waals surface area (Å²) in [6, 6.07) is 4.71. The number of nitrogens with two attached hydrogens (primary N) is 1. The Bertz CT molecular complexity index is 696. The van der Waals surface area contributed by atoms with Crippen molar-refractivity contribution in [3.63, 3.8) is 0 Å². The molecule has 0 aliphatic carbocycles. The minimum absolute atomic E-state index is 0.0661. The smallest absolute Gasteiger partial charge is 0.241 e. The molecule has 2 aromatic rings. The lowest BCUT2D eigenvalue weighted by molar-refractivity contribution is 0.581. The van der Waals surface area contributed by atoms with Gasteiger partial charge in [-0.05, 0) is 24.6 Å². The van der Waals surface area contributed by atoms with E-state index in [1.165, 1.54) is 12.3 Å². The number of aryl methyl sites for hydroxylation is 1. The minimum atomic E-state index is -3.64. The van der Waals surface area contributed by atoms with Crippen LogP contribution in [0.1, 0.15) is 11.1 Å². The number of aromatic amines is 1. The number of nitrogens with zero attached hydrogens (tertiary/aromatic N) is 1. The Hall–Kier alpha value is -1.57. The first-order chi connectivity index (χ1) is 8.90. The highest BCUT2D eigenvalue weighted by atomic mass is 35.5. The third kappa shape index (κ3) is 3.06. The third-order valence-corrected chi connectivity index (χ3v) is 4.42. The quantitative estimate of drug-likeness (QED) is 0.795. The van der Waals surface area contributed by atoms with Crippen LogP contribution in [0, 0.1) is 6.92 Å². The molecule has 0 saturated carbocycles. The Labute approximate surface area is 116 Å². The summed E-state index contributed by atoms with van der Waals surface area (Å²) in [5, 5.41) is 6.63. The lowest BCUT2D eigenvalue weighted by Gasteiger charge is -2.09. The first-order valence-corrected chi connectivity index (χ1v) is 7.30.